The maximum absolute atomic E-state index is 12.8. The molecule has 2 fully saturated rings. The van der Waals surface area contributed by atoms with E-state index in [2.05, 4.69) is 4.90 Å². The predicted molar refractivity (Wildman–Crippen MR) is 79.1 cm³/mol. The van der Waals surface area contributed by atoms with Gasteiger partial charge in [0.25, 0.3) is 0 Å². The molecule has 2 saturated heterocycles. The molecule has 2 aliphatic rings. The highest BCUT2D eigenvalue weighted by Crippen LogP contribution is 2.25. The summed E-state index contributed by atoms with van der Waals surface area (Å²) in [6.07, 6.45) is 3.13. The average molecular weight is 305 g/mol. The Bertz CT molecular complexity index is 648. The lowest BCUT2D eigenvalue weighted by Crippen LogP contribution is -2.39. The fraction of sp³-hybridized carbons (Fsp3) is 0.533. The van der Waals surface area contributed by atoms with Gasteiger partial charge in [0.15, 0.2) is 0 Å². The van der Waals surface area contributed by atoms with Crippen molar-refractivity contribution in [2.24, 2.45) is 0 Å². The number of hydrogen-bond donors (Lipinski definition) is 0. The van der Waals surface area contributed by atoms with Gasteiger partial charge in [0.2, 0.25) is 10.0 Å². The molecule has 2 aliphatic heterocycles. The van der Waals surface area contributed by atoms with Gasteiger partial charge in [-0.05, 0) is 56.6 Å². The number of fused-ring (bicyclic) bond motifs is 1. The molecular formula is C15H19N3O2S. The fourth-order valence-corrected chi connectivity index (χ4v) is 4.76. The molecular weight excluding hydrogens is 286 g/mol. The van der Waals surface area contributed by atoms with Crippen molar-refractivity contribution in [3.05, 3.63) is 29.8 Å². The first-order valence-electron chi connectivity index (χ1n) is 7.35. The Balaban J connectivity index is 1.84. The summed E-state index contributed by atoms with van der Waals surface area (Å²) in [6, 6.07) is 8.56. The van der Waals surface area contributed by atoms with Gasteiger partial charge in [0.05, 0.1) is 16.5 Å². The van der Waals surface area contributed by atoms with Crippen LogP contribution in [0.4, 0.5) is 0 Å². The first-order chi connectivity index (χ1) is 10.1. The summed E-state index contributed by atoms with van der Waals surface area (Å²) in [6.45, 7) is 3.25. The summed E-state index contributed by atoms with van der Waals surface area (Å²) in [4.78, 5) is 2.70. The van der Waals surface area contributed by atoms with E-state index in [-0.39, 0.29) is 4.90 Å². The smallest absolute Gasteiger partial charge is 0.243 e. The minimum absolute atomic E-state index is 0.285. The highest BCUT2D eigenvalue weighted by Gasteiger charge is 2.34. The van der Waals surface area contributed by atoms with Crippen LogP contribution in [0.3, 0.4) is 0 Å². The third kappa shape index (κ3) is 2.82. The Labute approximate surface area is 125 Å². The highest BCUT2D eigenvalue weighted by molar-refractivity contribution is 7.89. The van der Waals surface area contributed by atoms with Crippen LogP contribution in [-0.2, 0) is 10.0 Å². The third-order valence-corrected chi connectivity index (χ3v) is 6.27. The Morgan fingerprint density at radius 2 is 1.81 bits per heavy atom. The monoisotopic (exact) mass is 305 g/mol. The van der Waals surface area contributed by atoms with Crippen LogP contribution in [0.15, 0.2) is 29.2 Å². The van der Waals surface area contributed by atoms with Crippen LogP contribution in [0, 0.1) is 11.3 Å². The van der Waals surface area contributed by atoms with Crippen LogP contribution in [0.2, 0.25) is 0 Å². The van der Waals surface area contributed by atoms with Gasteiger partial charge < -0.3 is 0 Å². The molecule has 21 heavy (non-hydrogen) atoms. The van der Waals surface area contributed by atoms with Crippen molar-refractivity contribution in [2.75, 3.05) is 26.2 Å². The van der Waals surface area contributed by atoms with Crippen LogP contribution in [0.5, 0.6) is 0 Å². The maximum Gasteiger partial charge on any atom is 0.243 e. The first kappa shape index (κ1) is 14.5. The second-order valence-corrected chi connectivity index (χ2v) is 7.62. The summed E-state index contributed by atoms with van der Waals surface area (Å²) < 4.78 is 27.1. The molecule has 0 spiro atoms. The molecule has 6 heteroatoms. The van der Waals surface area contributed by atoms with Gasteiger partial charge in [-0.15, -0.1) is 0 Å². The van der Waals surface area contributed by atoms with Gasteiger partial charge in [-0.3, -0.25) is 4.90 Å². The highest BCUT2D eigenvalue weighted by atomic mass is 32.2. The van der Waals surface area contributed by atoms with Gasteiger partial charge in [-0.25, -0.2) is 8.42 Å². The van der Waals surface area contributed by atoms with E-state index in [9.17, 15) is 8.42 Å². The molecule has 3 rings (SSSR count). The second kappa shape index (κ2) is 5.76. The number of sulfonamides is 1. The minimum Gasteiger partial charge on any atom is -0.299 e. The number of nitriles is 1. The Hall–Kier alpha value is -1.42. The molecule has 5 nitrogen and oxygen atoms in total. The molecule has 0 amide bonds. The van der Waals surface area contributed by atoms with Crippen molar-refractivity contribution in [2.45, 2.75) is 30.2 Å². The fourth-order valence-electron chi connectivity index (χ4n) is 3.24. The van der Waals surface area contributed by atoms with E-state index in [0.29, 0.717) is 24.7 Å². The van der Waals surface area contributed by atoms with Gasteiger partial charge in [0, 0.05) is 19.1 Å². The Morgan fingerprint density at radius 3 is 2.52 bits per heavy atom. The quantitative estimate of drug-likeness (QED) is 0.829. The molecule has 1 aromatic carbocycles. The van der Waals surface area contributed by atoms with Gasteiger partial charge >= 0.3 is 0 Å². The van der Waals surface area contributed by atoms with Crippen LogP contribution in [0.1, 0.15) is 24.8 Å². The predicted octanol–water partition coefficient (Wildman–Crippen LogP) is 1.42. The molecule has 0 N–H and O–H groups in total. The molecule has 0 aliphatic carbocycles. The lowest BCUT2D eigenvalue weighted by Gasteiger charge is -2.25. The van der Waals surface area contributed by atoms with Crippen molar-refractivity contribution in [3.63, 3.8) is 0 Å². The summed E-state index contributed by atoms with van der Waals surface area (Å²) in [5.41, 5.74) is 0.479. The third-order valence-electron chi connectivity index (χ3n) is 4.39. The summed E-state index contributed by atoms with van der Waals surface area (Å²) in [5, 5.41) is 8.80. The molecule has 2 heterocycles. The Morgan fingerprint density at radius 1 is 1.10 bits per heavy atom. The molecule has 112 valence electrons. The molecule has 1 atom stereocenters. The van der Waals surface area contributed by atoms with E-state index in [1.165, 1.54) is 12.1 Å². The molecule has 1 aromatic rings. The van der Waals surface area contributed by atoms with Gasteiger partial charge in [-0.1, -0.05) is 0 Å². The molecule has 0 aromatic heterocycles. The normalized spacial score (nSPS) is 24.2. The van der Waals surface area contributed by atoms with Crippen LogP contribution < -0.4 is 0 Å². The van der Waals surface area contributed by atoms with Gasteiger partial charge in [-0.2, -0.15) is 9.57 Å². The number of rotatable bonds is 2. The van der Waals surface area contributed by atoms with Crippen LogP contribution in [-0.4, -0.2) is 49.8 Å². The van der Waals surface area contributed by atoms with Crippen molar-refractivity contribution < 1.29 is 8.42 Å². The topological polar surface area (TPSA) is 64.4 Å². The molecule has 0 radical (unpaired) electrons. The maximum atomic E-state index is 12.8. The zero-order chi connectivity index (χ0) is 14.9. The average Bonchev–Trinajstić information content (AvgIpc) is 2.84. The zero-order valence-electron chi connectivity index (χ0n) is 11.9. The van der Waals surface area contributed by atoms with Crippen molar-refractivity contribution in [1.29, 1.82) is 5.26 Å². The van der Waals surface area contributed by atoms with Crippen molar-refractivity contribution in [3.8, 4) is 6.07 Å². The van der Waals surface area contributed by atoms with E-state index < -0.39 is 10.0 Å². The van der Waals surface area contributed by atoms with E-state index >= 15 is 0 Å². The summed E-state index contributed by atoms with van der Waals surface area (Å²) in [7, 11) is -3.45. The molecule has 1 unspecified atom stereocenters. The summed E-state index contributed by atoms with van der Waals surface area (Å²) in [5.74, 6) is 0. The molecule has 0 bridgehead atoms. The number of benzene rings is 1. The standard InChI is InChI=1S/C15H19N3O2S/c16-11-13-4-6-15(7-5-13)21(19,20)18-10-2-9-17-8-1-3-14(17)12-18/h4-7,14H,1-3,8-10,12H2. The number of nitrogens with zero attached hydrogens (tertiary/aromatic N) is 3. The van der Waals surface area contributed by atoms with Crippen molar-refractivity contribution in [1.82, 2.24) is 9.21 Å². The van der Waals surface area contributed by atoms with E-state index in [1.54, 1.807) is 16.4 Å². The summed E-state index contributed by atoms with van der Waals surface area (Å²) >= 11 is 0. The zero-order valence-corrected chi connectivity index (χ0v) is 12.7. The SMILES string of the molecule is N#Cc1ccc(S(=O)(=O)N2CCCN3CCCC3C2)cc1. The van der Waals surface area contributed by atoms with E-state index in [1.807, 2.05) is 6.07 Å². The first-order valence-corrected chi connectivity index (χ1v) is 8.79. The van der Waals surface area contributed by atoms with E-state index in [4.69, 9.17) is 5.26 Å². The van der Waals surface area contributed by atoms with Crippen LogP contribution >= 0.6 is 0 Å². The largest absolute Gasteiger partial charge is 0.299 e. The lowest BCUT2D eigenvalue weighted by atomic mass is 10.2. The van der Waals surface area contributed by atoms with E-state index in [0.717, 1.165) is 32.4 Å². The minimum atomic E-state index is -3.45. The van der Waals surface area contributed by atoms with Gasteiger partial charge in [0.1, 0.15) is 0 Å². The van der Waals surface area contributed by atoms with Crippen molar-refractivity contribution >= 4 is 10.0 Å². The second-order valence-electron chi connectivity index (χ2n) is 5.68. The Kier molecular flexibility index (Phi) is 3.98. The number of hydrogen-bond acceptors (Lipinski definition) is 4. The lowest BCUT2D eigenvalue weighted by molar-refractivity contribution is 0.257. The van der Waals surface area contributed by atoms with Crippen LogP contribution in [0.25, 0.3) is 0 Å². The molecule has 0 saturated carbocycles.